The van der Waals surface area contributed by atoms with Gasteiger partial charge >= 0.3 is 6.09 Å². The normalized spacial score (nSPS) is 18.5. The van der Waals surface area contributed by atoms with Crippen molar-refractivity contribution in [1.29, 1.82) is 0 Å². The van der Waals surface area contributed by atoms with Crippen LogP contribution in [0.2, 0.25) is 0 Å². The zero-order valence-corrected chi connectivity index (χ0v) is 16.7. The maximum absolute atomic E-state index is 14.8. The molecule has 1 aromatic carbocycles. The Morgan fingerprint density at radius 1 is 1.35 bits per heavy atom. The fourth-order valence-corrected chi connectivity index (χ4v) is 3.42. The van der Waals surface area contributed by atoms with E-state index >= 15 is 0 Å². The second-order valence-electron chi connectivity index (χ2n) is 7.09. The summed E-state index contributed by atoms with van der Waals surface area (Å²) in [5.41, 5.74) is 0.641. The van der Waals surface area contributed by atoms with Gasteiger partial charge in [-0.3, -0.25) is 9.69 Å². The molecule has 0 bridgehead atoms. The summed E-state index contributed by atoms with van der Waals surface area (Å²) in [4.78, 5) is 28.5. The first-order valence-corrected chi connectivity index (χ1v) is 9.57. The number of aliphatic hydroxyl groups is 1. The maximum Gasteiger partial charge on any atom is 0.414 e. The Balaban J connectivity index is 1.42. The van der Waals surface area contributed by atoms with Crippen LogP contribution in [-0.4, -0.2) is 79.5 Å². The zero-order valence-electron chi connectivity index (χ0n) is 16.7. The van der Waals surface area contributed by atoms with Crippen LogP contribution in [0.25, 0.3) is 0 Å². The molecule has 11 nitrogen and oxygen atoms in total. The molecule has 0 radical (unpaired) electrons. The van der Waals surface area contributed by atoms with Crippen LogP contribution in [0, 0.1) is 5.82 Å². The van der Waals surface area contributed by atoms with Gasteiger partial charge in [0, 0.05) is 19.7 Å². The van der Waals surface area contributed by atoms with E-state index in [0.29, 0.717) is 24.6 Å². The molecule has 1 N–H and O–H groups in total. The van der Waals surface area contributed by atoms with Crippen molar-refractivity contribution in [3.05, 3.63) is 36.3 Å². The summed E-state index contributed by atoms with van der Waals surface area (Å²) >= 11 is 0. The predicted molar refractivity (Wildman–Crippen MR) is 108 cm³/mol. The molecule has 2 aliphatic rings. The fourth-order valence-electron chi connectivity index (χ4n) is 3.42. The minimum atomic E-state index is -0.637. The van der Waals surface area contributed by atoms with Gasteiger partial charge in [0.2, 0.25) is 0 Å². The molecular formula is C19H21FN6O5. The number of cyclic esters (lactones) is 1. The monoisotopic (exact) mass is 432 g/mol. The van der Waals surface area contributed by atoms with Gasteiger partial charge in [-0.2, -0.15) is 5.10 Å². The lowest BCUT2D eigenvalue weighted by Crippen LogP contribution is -2.42. The third-order valence-corrected chi connectivity index (χ3v) is 5.03. The minimum absolute atomic E-state index is 0.219. The van der Waals surface area contributed by atoms with E-state index in [1.165, 1.54) is 23.6 Å². The topological polar surface area (TPSA) is 115 Å². The molecule has 31 heavy (non-hydrogen) atoms. The molecule has 12 heteroatoms. The standard InChI is InChI=1S/C19H21FN6O5/c1-23(17-4-7-30-22-17)9-14-10-25(19(29)31-14)13-2-3-16(15(20)8-13)24-5-6-26(21-12-24)18(28)11-27/h2-4,7-8,12,14,27H,5-6,9-11H2,1H3. The van der Waals surface area contributed by atoms with Gasteiger partial charge < -0.3 is 24.2 Å². The van der Waals surface area contributed by atoms with Gasteiger partial charge in [-0.15, -0.1) is 0 Å². The summed E-state index contributed by atoms with van der Waals surface area (Å²) in [5.74, 6) is -0.447. The van der Waals surface area contributed by atoms with Crippen molar-refractivity contribution < 1.29 is 28.3 Å². The Kier molecular flexibility index (Phi) is 5.71. The van der Waals surface area contributed by atoms with E-state index in [4.69, 9.17) is 14.4 Å². The summed E-state index contributed by atoms with van der Waals surface area (Å²) in [6.07, 6.45) is 1.82. The molecule has 3 heterocycles. The Hall–Kier alpha value is -3.67. The first-order chi connectivity index (χ1) is 15.0. The Morgan fingerprint density at radius 3 is 2.84 bits per heavy atom. The molecule has 0 saturated carbocycles. The SMILES string of the molecule is CN(CC1CN(c2ccc(N3C=NN(C(=O)CO)CC3)c(F)c2)C(=O)O1)c1ccon1. The summed E-state index contributed by atoms with van der Waals surface area (Å²) < 4.78 is 25.0. The second kappa shape index (κ2) is 8.60. The van der Waals surface area contributed by atoms with Crippen molar-refractivity contribution in [2.45, 2.75) is 6.10 Å². The van der Waals surface area contributed by atoms with E-state index in [1.54, 1.807) is 35.0 Å². The van der Waals surface area contributed by atoms with Gasteiger partial charge in [-0.05, 0) is 18.2 Å². The van der Waals surface area contributed by atoms with Gasteiger partial charge in [-0.1, -0.05) is 5.16 Å². The van der Waals surface area contributed by atoms with Gasteiger partial charge in [0.25, 0.3) is 5.91 Å². The van der Waals surface area contributed by atoms with Gasteiger partial charge in [0.1, 0.15) is 31.1 Å². The highest BCUT2D eigenvalue weighted by Crippen LogP contribution is 2.28. The van der Waals surface area contributed by atoms with Crippen LogP contribution in [0.3, 0.4) is 0 Å². The lowest BCUT2D eigenvalue weighted by Gasteiger charge is -2.28. The molecule has 1 fully saturated rings. The van der Waals surface area contributed by atoms with E-state index < -0.39 is 30.5 Å². The summed E-state index contributed by atoms with van der Waals surface area (Å²) in [6, 6.07) is 6.13. The van der Waals surface area contributed by atoms with Gasteiger partial charge in [0.05, 0.1) is 31.0 Å². The summed E-state index contributed by atoms with van der Waals surface area (Å²) in [6.45, 7) is 0.567. The lowest BCUT2D eigenvalue weighted by atomic mass is 10.2. The van der Waals surface area contributed by atoms with Crippen LogP contribution in [0.15, 0.2) is 40.2 Å². The number of hydrogen-bond acceptors (Lipinski definition) is 9. The average Bonchev–Trinajstić information content (AvgIpc) is 3.43. The van der Waals surface area contributed by atoms with Crippen molar-refractivity contribution in [2.24, 2.45) is 5.10 Å². The molecule has 2 aromatic rings. The van der Waals surface area contributed by atoms with Crippen LogP contribution >= 0.6 is 0 Å². The Labute approximate surface area is 176 Å². The predicted octanol–water partition coefficient (Wildman–Crippen LogP) is 0.859. The van der Waals surface area contributed by atoms with E-state index in [2.05, 4.69) is 10.3 Å². The van der Waals surface area contributed by atoms with Crippen LogP contribution in [0.4, 0.5) is 26.4 Å². The summed E-state index contributed by atoms with van der Waals surface area (Å²) in [5, 5.41) is 17.8. The quantitative estimate of drug-likeness (QED) is 0.715. The Morgan fingerprint density at radius 2 is 2.19 bits per heavy atom. The molecule has 2 aliphatic heterocycles. The number of benzene rings is 1. The number of likely N-dealkylation sites (N-methyl/N-ethyl adjacent to an activating group) is 1. The Bertz CT molecular complexity index is 984. The number of aromatic nitrogens is 1. The first kappa shape index (κ1) is 20.6. The molecule has 1 saturated heterocycles. The number of hydrogen-bond donors (Lipinski definition) is 1. The smallest absolute Gasteiger partial charge is 0.414 e. The molecule has 1 unspecified atom stereocenters. The van der Waals surface area contributed by atoms with Crippen molar-refractivity contribution >= 4 is 35.5 Å². The second-order valence-corrected chi connectivity index (χ2v) is 7.09. The minimum Gasteiger partial charge on any atom is -0.442 e. The molecule has 1 atom stereocenters. The fraction of sp³-hybridized carbons (Fsp3) is 0.368. The number of ether oxygens (including phenoxy) is 1. The van der Waals surface area contributed by atoms with Crippen molar-refractivity contribution in [3.63, 3.8) is 0 Å². The number of amides is 2. The van der Waals surface area contributed by atoms with E-state index in [9.17, 15) is 14.0 Å². The summed E-state index contributed by atoms with van der Waals surface area (Å²) in [7, 11) is 1.80. The van der Waals surface area contributed by atoms with Crippen molar-refractivity contribution in [2.75, 3.05) is 54.5 Å². The molecule has 0 spiro atoms. The number of hydrazone groups is 1. The molecule has 4 rings (SSSR count). The third-order valence-electron chi connectivity index (χ3n) is 5.03. The molecule has 1 aromatic heterocycles. The third kappa shape index (κ3) is 4.28. The first-order valence-electron chi connectivity index (χ1n) is 9.57. The van der Waals surface area contributed by atoms with Gasteiger partial charge in [-0.25, -0.2) is 14.2 Å². The molecule has 164 valence electrons. The number of aliphatic hydroxyl groups excluding tert-OH is 1. The average molecular weight is 432 g/mol. The van der Waals surface area contributed by atoms with Crippen LogP contribution in [0.1, 0.15) is 0 Å². The largest absolute Gasteiger partial charge is 0.442 e. The number of nitrogens with zero attached hydrogens (tertiary/aromatic N) is 6. The zero-order chi connectivity index (χ0) is 22.0. The van der Waals surface area contributed by atoms with Gasteiger partial charge in [0.15, 0.2) is 5.82 Å². The van der Waals surface area contributed by atoms with E-state index in [0.717, 1.165) is 5.01 Å². The number of anilines is 3. The van der Waals surface area contributed by atoms with Crippen LogP contribution in [-0.2, 0) is 9.53 Å². The van der Waals surface area contributed by atoms with E-state index in [1.807, 2.05) is 0 Å². The molecular weight excluding hydrogens is 411 g/mol. The maximum atomic E-state index is 14.8. The highest BCUT2D eigenvalue weighted by atomic mass is 19.1. The van der Waals surface area contributed by atoms with Crippen molar-refractivity contribution in [3.8, 4) is 0 Å². The number of halogens is 1. The van der Waals surface area contributed by atoms with E-state index in [-0.39, 0.29) is 18.8 Å². The lowest BCUT2D eigenvalue weighted by molar-refractivity contribution is -0.134. The highest BCUT2D eigenvalue weighted by molar-refractivity contribution is 5.91. The molecule has 0 aliphatic carbocycles. The molecule has 2 amide bonds. The highest BCUT2D eigenvalue weighted by Gasteiger charge is 2.34. The number of carbonyl (C=O) groups excluding carboxylic acids is 2. The van der Waals surface area contributed by atoms with Crippen LogP contribution < -0.4 is 14.7 Å². The van der Waals surface area contributed by atoms with Crippen molar-refractivity contribution in [1.82, 2.24) is 10.2 Å². The number of carbonyl (C=O) groups is 2. The number of rotatable bonds is 6. The van der Waals surface area contributed by atoms with Crippen LogP contribution in [0.5, 0.6) is 0 Å².